The van der Waals surface area contributed by atoms with Gasteiger partial charge in [0.2, 0.25) is 0 Å². The number of carbonyl (C=O) groups excluding carboxylic acids is 1. The zero-order valence-corrected chi connectivity index (χ0v) is 12.8. The van der Waals surface area contributed by atoms with Gasteiger partial charge in [0.15, 0.2) is 0 Å². The van der Waals surface area contributed by atoms with Gasteiger partial charge < -0.3 is 4.79 Å². The number of unbranched alkanes of at least 4 members (excludes halogenated alkanes) is 1. The van der Waals surface area contributed by atoms with Crippen molar-refractivity contribution in [2.45, 2.75) is 84.0 Å². The van der Waals surface area contributed by atoms with Crippen LogP contribution in [0.1, 0.15) is 84.0 Å². The molecule has 0 aromatic carbocycles. The lowest BCUT2D eigenvalue weighted by Gasteiger charge is -2.28. The molecule has 0 saturated heterocycles. The van der Waals surface area contributed by atoms with Crippen molar-refractivity contribution in [3.05, 3.63) is 0 Å². The van der Waals surface area contributed by atoms with E-state index in [1.165, 1.54) is 76.9 Å². The van der Waals surface area contributed by atoms with E-state index in [0.29, 0.717) is 5.92 Å². The second kappa shape index (κ2) is 8.07. The van der Waals surface area contributed by atoms with E-state index in [9.17, 15) is 4.79 Å². The Labute approximate surface area is 119 Å². The van der Waals surface area contributed by atoms with Crippen LogP contribution in [0.2, 0.25) is 0 Å². The summed E-state index contributed by atoms with van der Waals surface area (Å²) in [6, 6.07) is 0. The molecule has 4 unspecified atom stereocenters. The number of hydrogen-bond donors (Lipinski definition) is 0. The van der Waals surface area contributed by atoms with E-state index in [1.807, 2.05) is 0 Å². The highest BCUT2D eigenvalue weighted by molar-refractivity contribution is 5.53. The average molecular weight is 264 g/mol. The lowest BCUT2D eigenvalue weighted by molar-refractivity contribution is -0.112. The number of carbonyl (C=O) groups is 1. The van der Waals surface area contributed by atoms with Crippen LogP contribution in [0.15, 0.2) is 0 Å². The Morgan fingerprint density at radius 1 is 0.895 bits per heavy atom. The van der Waals surface area contributed by atoms with Gasteiger partial charge in [-0.1, -0.05) is 64.7 Å². The summed E-state index contributed by atoms with van der Waals surface area (Å²) in [6.45, 7) is 2.42. The maximum atomic E-state index is 10.9. The summed E-state index contributed by atoms with van der Waals surface area (Å²) in [4.78, 5) is 10.9. The minimum absolute atomic E-state index is 0.387. The highest BCUT2D eigenvalue weighted by atomic mass is 16.1. The first-order valence-electron chi connectivity index (χ1n) is 8.73. The summed E-state index contributed by atoms with van der Waals surface area (Å²) in [5, 5.41) is 0. The lowest BCUT2D eigenvalue weighted by Crippen LogP contribution is -2.16. The quantitative estimate of drug-likeness (QED) is 0.465. The molecule has 0 spiro atoms. The molecule has 0 bridgehead atoms. The molecule has 1 nitrogen and oxygen atoms in total. The summed E-state index contributed by atoms with van der Waals surface area (Å²) < 4.78 is 0. The van der Waals surface area contributed by atoms with Gasteiger partial charge in [0.1, 0.15) is 6.29 Å². The molecular formula is C18H32O. The molecular weight excluding hydrogens is 232 g/mol. The summed E-state index contributed by atoms with van der Waals surface area (Å²) in [5.74, 6) is 3.25. The molecule has 1 heteroatoms. The van der Waals surface area contributed by atoms with Gasteiger partial charge in [-0.15, -0.1) is 0 Å². The van der Waals surface area contributed by atoms with Crippen LogP contribution in [0.4, 0.5) is 0 Å². The third kappa shape index (κ3) is 5.28. The van der Waals surface area contributed by atoms with Crippen LogP contribution < -0.4 is 0 Å². The first-order valence-corrected chi connectivity index (χ1v) is 8.73. The summed E-state index contributed by atoms with van der Waals surface area (Å²) >= 11 is 0. The standard InChI is InChI=1S/C18H32O/c1-15-6-4-9-16(12-15)7-2-3-8-17-10-5-11-18(13-17)14-19/h14-18H,2-13H2,1H3. The zero-order chi connectivity index (χ0) is 13.5. The molecule has 19 heavy (non-hydrogen) atoms. The fraction of sp³-hybridized carbons (Fsp3) is 0.944. The maximum Gasteiger partial charge on any atom is 0.123 e. The Bertz CT molecular complexity index is 260. The number of hydrogen-bond acceptors (Lipinski definition) is 1. The normalized spacial score (nSPS) is 36.1. The molecule has 0 heterocycles. The predicted octanol–water partition coefficient (Wildman–Crippen LogP) is 5.38. The number of aldehydes is 1. The molecule has 0 aromatic rings. The first-order chi connectivity index (χ1) is 9.28. The smallest absolute Gasteiger partial charge is 0.123 e. The van der Waals surface area contributed by atoms with E-state index in [-0.39, 0.29) is 0 Å². The van der Waals surface area contributed by atoms with Gasteiger partial charge >= 0.3 is 0 Å². The van der Waals surface area contributed by atoms with E-state index in [1.54, 1.807) is 0 Å². The Balaban J connectivity index is 1.55. The van der Waals surface area contributed by atoms with Crippen molar-refractivity contribution in [2.24, 2.45) is 23.7 Å². The van der Waals surface area contributed by atoms with Crippen LogP contribution >= 0.6 is 0 Å². The van der Waals surface area contributed by atoms with Crippen molar-refractivity contribution in [1.82, 2.24) is 0 Å². The van der Waals surface area contributed by atoms with Crippen molar-refractivity contribution in [1.29, 1.82) is 0 Å². The molecule has 2 fully saturated rings. The van der Waals surface area contributed by atoms with E-state index >= 15 is 0 Å². The summed E-state index contributed by atoms with van der Waals surface area (Å²) in [7, 11) is 0. The van der Waals surface area contributed by atoms with Crippen LogP contribution in [0, 0.1) is 23.7 Å². The molecule has 0 radical (unpaired) electrons. The Hall–Kier alpha value is -0.330. The van der Waals surface area contributed by atoms with Gasteiger partial charge in [0, 0.05) is 5.92 Å². The van der Waals surface area contributed by atoms with Gasteiger partial charge in [0.25, 0.3) is 0 Å². The predicted molar refractivity (Wildman–Crippen MR) is 81.1 cm³/mol. The monoisotopic (exact) mass is 264 g/mol. The fourth-order valence-corrected chi connectivity index (χ4v) is 4.41. The maximum absolute atomic E-state index is 10.9. The minimum atomic E-state index is 0.387. The van der Waals surface area contributed by atoms with E-state index in [4.69, 9.17) is 0 Å². The molecule has 0 aromatic heterocycles. The largest absolute Gasteiger partial charge is 0.303 e. The van der Waals surface area contributed by atoms with Crippen LogP contribution in [0.3, 0.4) is 0 Å². The van der Waals surface area contributed by atoms with Crippen LogP contribution in [0.25, 0.3) is 0 Å². The van der Waals surface area contributed by atoms with Crippen LogP contribution in [-0.4, -0.2) is 6.29 Å². The molecule has 2 aliphatic rings. The second-order valence-corrected chi connectivity index (χ2v) is 7.35. The molecule has 110 valence electrons. The lowest BCUT2D eigenvalue weighted by atomic mass is 9.78. The minimum Gasteiger partial charge on any atom is -0.303 e. The van der Waals surface area contributed by atoms with Gasteiger partial charge in [-0.2, -0.15) is 0 Å². The van der Waals surface area contributed by atoms with Crippen molar-refractivity contribution in [2.75, 3.05) is 0 Å². The zero-order valence-electron chi connectivity index (χ0n) is 12.8. The highest BCUT2D eigenvalue weighted by Crippen LogP contribution is 2.34. The molecule has 2 rings (SSSR count). The van der Waals surface area contributed by atoms with Gasteiger partial charge in [-0.3, -0.25) is 0 Å². The third-order valence-electron chi connectivity index (χ3n) is 5.54. The topological polar surface area (TPSA) is 17.1 Å². The van der Waals surface area contributed by atoms with Crippen molar-refractivity contribution < 1.29 is 4.79 Å². The van der Waals surface area contributed by atoms with Crippen molar-refractivity contribution >= 4 is 6.29 Å². The highest BCUT2D eigenvalue weighted by Gasteiger charge is 2.22. The van der Waals surface area contributed by atoms with Crippen LogP contribution in [0.5, 0.6) is 0 Å². The second-order valence-electron chi connectivity index (χ2n) is 7.35. The Morgan fingerprint density at radius 2 is 1.53 bits per heavy atom. The van der Waals surface area contributed by atoms with E-state index in [2.05, 4.69) is 6.92 Å². The van der Waals surface area contributed by atoms with Gasteiger partial charge in [-0.25, -0.2) is 0 Å². The summed E-state index contributed by atoms with van der Waals surface area (Å²) in [6.07, 6.45) is 17.8. The Kier molecular flexibility index (Phi) is 6.40. The first kappa shape index (κ1) is 15.1. The average Bonchev–Trinajstić information content (AvgIpc) is 2.44. The Morgan fingerprint density at radius 3 is 2.16 bits per heavy atom. The molecule has 2 aliphatic carbocycles. The third-order valence-corrected chi connectivity index (χ3v) is 5.54. The van der Waals surface area contributed by atoms with Crippen LogP contribution in [-0.2, 0) is 4.79 Å². The van der Waals surface area contributed by atoms with E-state index < -0.39 is 0 Å². The fourth-order valence-electron chi connectivity index (χ4n) is 4.41. The molecule has 2 saturated carbocycles. The molecule has 0 N–H and O–H groups in total. The van der Waals surface area contributed by atoms with Gasteiger partial charge in [0.05, 0.1) is 0 Å². The van der Waals surface area contributed by atoms with Crippen molar-refractivity contribution in [3.8, 4) is 0 Å². The number of rotatable bonds is 6. The van der Waals surface area contributed by atoms with E-state index in [0.717, 1.165) is 24.2 Å². The molecule has 0 amide bonds. The van der Waals surface area contributed by atoms with Crippen molar-refractivity contribution in [3.63, 3.8) is 0 Å². The van der Waals surface area contributed by atoms with Gasteiger partial charge in [-0.05, 0) is 37.0 Å². The summed E-state index contributed by atoms with van der Waals surface area (Å²) in [5.41, 5.74) is 0. The SMILES string of the molecule is CC1CCCC(CCCCC2CCCC(C=O)C2)C1. The molecule has 0 aliphatic heterocycles. The molecule has 4 atom stereocenters.